The molecule has 1 aliphatic rings. The fourth-order valence-electron chi connectivity index (χ4n) is 2.55. The zero-order valence-corrected chi connectivity index (χ0v) is 12.8. The molecule has 1 aliphatic carbocycles. The summed E-state index contributed by atoms with van der Waals surface area (Å²) in [6.07, 6.45) is 3.28. The fraction of sp³-hybridized carbons (Fsp3) is 0.412. The van der Waals surface area contributed by atoms with Gasteiger partial charge in [-0.2, -0.15) is 0 Å². The Morgan fingerprint density at radius 3 is 2.82 bits per heavy atom. The Labute approximate surface area is 129 Å². The van der Waals surface area contributed by atoms with E-state index < -0.39 is 6.10 Å². The molecule has 5 nitrogen and oxygen atoms in total. The number of carbonyl (C=O) groups is 1. The van der Waals surface area contributed by atoms with E-state index in [0.717, 1.165) is 12.8 Å². The minimum atomic E-state index is -0.426. The van der Waals surface area contributed by atoms with Crippen molar-refractivity contribution in [2.45, 2.75) is 25.9 Å². The van der Waals surface area contributed by atoms with Crippen molar-refractivity contribution in [2.24, 2.45) is 5.92 Å². The number of nitrogens with zero attached hydrogens (tertiary/aromatic N) is 2. The van der Waals surface area contributed by atoms with Gasteiger partial charge in [-0.1, -0.05) is 0 Å². The van der Waals surface area contributed by atoms with Crippen molar-refractivity contribution in [3.8, 4) is 11.5 Å². The number of rotatable bonds is 5. The highest BCUT2D eigenvalue weighted by Gasteiger charge is 2.31. The van der Waals surface area contributed by atoms with Crippen LogP contribution in [0.1, 0.15) is 28.9 Å². The monoisotopic (exact) mass is 300 g/mol. The lowest BCUT2D eigenvalue weighted by molar-refractivity contribution is 0.0644. The van der Waals surface area contributed by atoms with Gasteiger partial charge in [0.05, 0.1) is 23.6 Å². The molecule has 2 heterocycles. The molecule has 0 bridgehead atoms. The van der Waals surface area contributed by atoms with Crippen LogP contribution in [-0.2, 0) is 0 Å². The number of hydrogen-bond donors (Lipinski definition) is 1. The summed E-state index contributed by atoms with van der Waals surface area (Å²) in [6, 6.07) is 7.19. The van der Waals surface area contributed by atoms with Crippen molar-refractivity contribution >= 4 is 5.91 Å². The van der Waals surface area contributed by atoms with E-state index in [9.17, 15) is 9.90 Å². The van der Waals surface area contributed by atoms with Crippen LogP contribution in [0.15, 0.2) is 34.9 Å². The van der Waals surface area contributed by atoms with Crippen LogP contribution in [0.2, 0.25) is 0 Å². The fourth-order valence-corrected chi connectivity index (χ4v) is 2.55. The van der Waals surface area contributed by atoms with Gasteiger partial charge in [0.2, 0.25) is 0 Å². The van der Waals surface area contributed by atoms with Gasteiger partial charge in [-0.3, -0.25) is 4.79 Å². The molecule has 2 aromatic rings. The third-order valence-electron chi connectivity index (χ3n) is 4.06. The number of carbonyl (C=O) groups excluding carboxylic acids is 1. The van der Waals surface area contributed by atoms with E-state index >= 15 is 0 Å². The van der Waals surface area contributed by atoms with Gasteiger partial charge in [-0.15, -0.1) is 0 Å². The van der Waals surface area contributed by atoms with Crippen molar-refractivity contribution in [3.63, 3.8) is 0 Å². The molecule has 1 amide bonds. The van der Waals surface area contributed by atoms with Crippen LogP contribution in [0.25, 0.3) is 11.5 Å². The zero-order chi connectivity index (χ0) is 15.7. The molecule has 0 saturated heterocycles. The van der Waals surface area contributed by atoms with Crippen molar-refractivity contribution in [3.05, 3.63) is 41.8 Å². The first kappa shape index (κ1) is 14.8. The average molecular weight is 300 g/mol. The molecule has 1 N–H and O–H groups in total. The maximum atomic E-state index is 12.5. The summed E-state index contributed by atoms with van der Waals surface area (Å²) >= 11 is 0. The summed E-state index contributed by atoms with van der Waals surface area (Å²) in [5, 5.41) is 9.97. The second kappa shape index (κ2) is 5.93. The number of aryl methyl sites for hydroxylation is 1. The third-order valence-corrected chi connectivity index (χ3v) is 4.06. The first-order valence-electron chi connectivity index (χ1n) is 7.51. The number of aromatic nitrogens is 1. The molecule has 116 valence electrons. The zero-order valence-electron chi connectivity index (χ0n) is 12.8. The van der Waals surface area contributed by atoms with Crippen LogP contribution in [0.4, 0.5) is 0 Å². The topological polar surface area (TPSA) is 66.6 Å². The van der Waals surface area contributed by atoms with Crippen LogP contribution in [0, 0.1) is 12.8 Å². The molecule has 22 heavy (non-hydrogen) atoms. The van der Waals surface area contributed by atoms with Gasteiger partial charge in [0.25, 0.3) is 5.91 Å². The number of likely N-dealkylation sites (N-methyl/N-ethyl adjacent to an activating group) is 1. The second-order valence-corrected chi connectivity index (χ2v) is 5.90. The Balaban J connectivity index is 1.74. The summed E-state index contributed by atoms with van der Waals surface area (Å²) in [6.45, 7) is 2.17. The minimum absolute atomic E-state index is 0.115. The average Bonchev–Trinajstić information content (AvgIpc) is 3.21. The molecule has 1 atom stereocenters. The third kappa shape index (κ3) is 3.04. The van der Waals surface area contributed by atoms with E-state index in [1.54, 1.807) is 36.4 Å². The molecule has 2 aromatic heterocycles. The summed E-state index contributed by atoms with van der Waals surface area (Å²) < 4.78 is 5.32. The summed E-state index contributed by atoms with van der Waals surface area (Å²) in [5.74, 6) is 0.922. The smallest absolute Gasteiger partial charge is 0.255 e. The van der Waals surface area contributed by atoms with Gasteiger partial charge in [0.1, 0.15) is 5.69 Å². The number of amides is 1. The molecule has 0 aliphatic heterocycles. The van der Waals surface area contributed by atoms with Crippen LogP contribution < -0.4 is 0 Å². The SMILES string of the molecule is Cc1nc(-c2ccco2)ccc1C(=O)N(C)CC(O)C1CC1. The standard InChI is InChI=1S/C17H20N2O3/c1-11-13(7-8-14(18-11)16-4-3-9-22-16)17(21)19(2)10-15(20)12-5-6-12/h3-4,7-9,12,15,20H,5-6,10H2,1-2H3. The van der Waals surface area contributed by atoms with E-state index in [1.165, 1.54) is 0 Å². The van der Waals surface area contributed by atoms with Crippen LogP contribution in [0.5, 0.6) is 0 Å². The lowest BCUT2D eigenvalue weighted by Gasteiger charge is -2.21. The molecule has 5 heteroatoms. The quantitative estimate of drug-likeness (QED) is 0.921. The van der Waals surface area contributed by atoms with E-state index in [0.29, 0.717) is 35.2 Å². The highest BCUT2D eigenvalue weighted by atomic mass is 16.3. The highest BCUT2D eigenvalue weighted by Crippen LogP contribution is 2.32. The Kier molecular flexibility index (Phi) is 3.98. The normalized spacial score (nSPS) is 15.6. The van der Waals surface area contributed by atoms with Gasteiger partial charge in [0.15, 0.2) is 5.76 Å². The largest absolute Gasteiger partial charge is 0.463 e. The lowest BCUT2D eigenvalue weighted by atomic mass is 10.1. The molecule has 1 unspecified atom stereocenters. The number of furan rings is 1. The summed E-state index contributed by atoms with van der Waals surface area (Å²) in [4.78, 5) is 18.5. The van der Waals surface area contributed by atoms with Gasteiger partial charge >= 0.3 is 0 Å². The maximum Gasteiger partial charge on any atom is 0.255 e. The predicted octanol–water partition coefficient (Wildman–Crippen LogP) is 2.49. The second-order valence-electron chi connectivity index (χ2n) is 5.90. The number of hydrogen-bond acceptors (Lipinski definition) is 4. The molecular weight excluding hydrogens is 280 g/mol. The van der Waals surface area contributed by atoms with Crippen molar-refractivity contribution in [1.29, 1.82) is 0 Å². The molecule has 1 saturated carbocycles. The molecule has 0 aromatic carbocycles. The molecular formula is C17H20N2O3. The van der Waals surface area contributed by atoms with Crippen LogP contribution in [0.3, 0.4) is 0 Å². The predicted molar refractivity (Wildman–Crippen MR) is 82.4 cm³/mol. The van der Waals surface area contributed by atoms with Gasteiger partial charge < -0.3 is 14.4 Å². The molecule has 3 rings (SSSR count). The highest BCUT2D eigenvalue weighted by molar-refractivity contribution is 5.95. The van der Waals surface area contributed by atoms with Crippen molar-refractivity contribution < 1.29 is 14.3 Å². The number of aliphatic hydroxyl groups is 1. The first-order chi connectivity index (χ1) is 10.6. The Morgan fingerprint density at radius 2 is 2.23 bits per heavy atom. The van der Waals surface area contributed by atoms with Gasteiger partial charge in [-0.05, 0) is 49.9 Å². The van der Waals surface area contributed by atoms with Gasteiger partial charge in [-0.25, -0.2) is 4.98 Å². The molecule has 0 radical (unpaired) electrons. The minimum Gasteiger partial charge on any atom is -0.463 e. The van der Waals surface area contributed by atoms with E-state index in [-0.39, 0.29) is 5.91 Å². The molecule has 0 spiro atoms. The van der Waals surface area contributed by atoms with Crippen LogP contribution in [-0.4, -0.2) is 40.6 Å². The van der Waals surface area contributed by atoms with E-state index in [4.69, 9.17) is 4.42 Å². The van der Waals surface area contributed by atoms with E-state index in [2.05, 4.69) is 4.98 Å². The maximum absolute atomic E-state index is 12.5. The van der Waals surface area contributed by atoms with Gasteiger partial charge in [0, 0.05) is 13.6 Å². The van der Waals surface area contributed by atoms with Crippen molar-refractivity contribution in [1.82, 2.24) is 9.88 Å². The van der Waals surface area contributed by atoms with Crippen LogP contribution >= 0.6 is 0 Å². The van der Waals surface area contributed by atoms with E-state index in [1.807, 2.05) is 13.0 Å². The number of aliphatic hydroxyl groups excluding tert-OH is 1. The first-order valence-corrected chi connectivity index (χ1v) is 7.51. The Bertz CT molecular complexity index is 663. The Hall–Kier alpha value is -2.14. The molecule has 1 fully saturated rings. The Morgan fingerprint density at radius 1 is 1.45 bits per heavy atom. The van der Waals surface area contributed by atoms with Crippen molar-refractivity contribution in [2.75, 3.05) is 13.6 Å². The number of pyridine rings is 1. The lowest BCUT2D eigenvalue weighted by Crippen LogP contribution is -2.35. The summed E-state index contributed by atoms with van der Waals surface area (Å²) in [5.41, 5.74) is 1.92. The summed E-state index contributed by atoms with van der Waals surface area (Å²) in [7, 11) is 1.72.